The standard InChI is InChI=1S/C24H20ClN3O4S2/c25-14-3-5-15(6-4-14)26-19(29)11-33-24-28-17-8-7-16(10-18(17)34-24)27-22(30)20-12-1-2-13(9-12)21(20)23(31)32/h1-8,10,12-13,20-21H,9,11H2,(H,26,29)(H,27,30)(H,31,32)/t12-,13-,20-,21+/m0/s1. The Hall–Kier alpha value is -2.88. The summed E-state index contributed by atoms with van der Waals surface area (Å²) < 4.78 is 1.62. The second-order valence-corrected chi connectivity index (χ2v) is 11.0. The number of fused-ring (bicyclic) bond motifs is 3. The molecule has 0 saturated heterocycles. The van der Waals surface area contributed by atoms with E-state index in [1.807, 2.05) is 24.3 Å². The number of benzene rings is 2. The summed E-state index contributed by atoms with van der Waals surface area (Å²) in [6.07, 6.45) is 4.61. The number of allylic oxidation sites excluding steroid dienone is 2. The van der Waals surface area contributed by atoms with Crippen LogP contribution in [-0.4, -0.2) is 33.6 Å². The lowest BCUT2D eigenvalue weighted by molar-refractivity contribution is -0.146. The molecule has 0 spiro atoms. The van der Waals surface area contributed by atoms with Gasteiger partial charge in [-0.25, -0.2) is 4.98 Å². The molecule has 7 nitrogen and oxygen atoms in total. The fourth-order valence-corrected chi connectivity index (χ4v) is 6.68. The quantitative estimate of drug-likeness (QED) is 0.298. The molecule has 1 saturated carbocycles. The number of carboxylic acids is 1. The van der Waals surface area contributed by atoms with Gasteiger partial charge in [0.05, 0.1) is 27.8 Å². The molecular formula is C24H20ClN3O4S2. The Labute approximate surface area is 208 Å². The highest BCUT2D eigenvalue weighted by atomic mass is 35.5. The third kappa shape index (κ3) is 4.68. The highest BCUT2D eigenvalue weighted by Gasteiger charge is 2.51. The van der Waals surface area contributed by atoms with E-state index in [0.29, 0.717) is 16.4 Å². The Morgan fingerprint density at radius 3 is 2.47 bits per heavy atom. The molecule has 34 heavy (non-hydrogen) atoms. The first-order valence-corrected chi connectivity index (χ1v) is 12.9. The van der Waals surface area contributed by atoms with Crippen LogP contribution in [0.2, 0.25) is 5.02 Å². The molecule has 2 aliphatic rings. The summed E-state index contributed by atoms with van der Waals surface area (Å²) in [5.41, 5.74) is 2.06. The molecule has 4 atom stereocenters. The Balaban J connectivity index is 1.22. The molecule has 5 rings (SSSR count). The van der Waals surface area contributed by atoms with Crippen LogP contribution >= 0.6 is 34.7 Å². The number of aliphatic carboxylic acids is 1. The zero-order valence-corrected chi connectivity index (χ0v) is 20.1. The van der Waals surface area contributed by atoms with E-state index in [1.165, 1.54) is 23.1 Å². The molecule has 0 radical (unpaired) electrons. The zero-order chi connectivity index (χ0) is 23.8. The number of thioether (sulfide) groups is 1. The van der Waals surface area contributed by atoms with Crippen molar-refractivity contribution in [3.05, 3.63) is 59.6 Å². The van der Waals surface area contributed by atoms with Gasteiger partial charge in [-0.15, -0.1) is 11.3 Å². The number of anilines is 2. The van der Waals surface area contributed by atoms with Gasteiger partial charge in [0, 0.05) is 16.4 Å². The monoisotopic (exact) mass is 513 g/mol. The van der Waals surface area contributed by atoms with Crippen molar-refractivity contribution < 1.29 is 19.5 Å². The van der Waals surface area contributed by atoms with E-state index < -0.39 is 17.8 Å². The zero-order valence-electron chi connectivity index (χ0n) is 17.7. The van der Waals surface area contributed by atoms with Crippen LogP contribution < -0.4 is 10.6 Å². The smallest absolute Gasteiger partial charge is 0.307 e. The number of aromatic nitrogens is 1. The average Bonchev–Trinajstić information content (AvgIpc) is 3.53. The van der Waals surface area contributed by atoms with Crippen LogP contribution in [0.4, 0.5) is 11.4 Å². The van der Waals surface area contributed by atoms with Crippen LogP contribution in [0, 0.1) is 23.7 Å². The minimum absolute atomic E-state index is 0.0275. The van der Waals surface area contributed by atoms with Gasteiger partial charge in [-0.3, -0.25) is 14.4 Å². The third-order valence-corrected chi connectivity index (χ3v) is 8.55. The van der Waals surface area contributed by atoms with Gasteiger partial charge in [0.1, 0.15) is 0 Å². The van der Waals surface area contributed by atoms with E-state index in [1.54, 1.807) is 30.3 Å². The maximum absolute atomic E-state index is 12.9. The van der Waals surface area contributed by atoms with E-state index >= 15 is 0 Å². The summed E-state index contributed by atoms with van der Waals surface area (Å²) in [4.78, 5) is 41.4. The molecule has 2 aliphatic carbocycles. The number of carbonyl (C=O) groups is 3. The number of rotatable bonds is 7. The predicted octanol–water partition coefficient (Wildman–Crippen LogP) is 5.14. The first kappa shape index (κ1) is 22.9. The Bertz CT molecular complexity index is 1310. The highest BCUT2D eigenvalue weighted by Crippen LogP contribution is 2.48. The fourth-order valence-electron chi connectivity index (χ4n) is 4.64. The van der Waals surface area contributed by atoms with Crippen molar-refractivity contribution in [1.82, 2.24) is 4.98 Å². The molecule has 2 bridgehead atoms. The van der Waals surface area contributed by atoms with E-state index in [9.17, 15) is 19.5 Å². The van der Waals surface area contributed by atoms with Crippen LogP contribution in [0.5, 0.6) is 0 Å². The number of hydrogen-bond acceptors (Lipinski definition) is 6. The molecule has 174 valence electrons. The normalized spacial score (nSPS) is 22.7. The number of nitrogens with zero attached hydrogens (tertiary/aromatic N) is 1. The van der Waals surface area contributed by atoms with Crippen molar-refractivity contribution in [2.45, 2.75) is 10.8 Å². The number of hydrogen-bond donors (Lipinski definition) is 3. The van der Waals surface area contributed by atoms with Gasteiger partial charge in [-0.2, -0.15) is 0 Å². The summed E-state index contributed by atoms with van der Waals surface area (Å²) in [5, 5.41) is 15.9. The van der Waals surface area contributed by atoms with Crippen LogP contribution in [0.15, 0.2) is 59.0 Å². The number of carboxylic acid groups (broad SMARTS) is 1. The molecule has 2 aromatic carbocycles. The predicted molar refractivity (Wildman–Crippen MR) is 134 cm³/mol. The number of nitrogens with one attached hydrogen (secondary N) is 2. The van der Waals surface area contributed by atoms with Crippen molar-refractivity contribution in [2.75, 3.05) is 16.4 Å². The van der Waals surface area contributed by atoms with Crippen LogP contribution in [0.1, 0.15) is 6.42 Å². The second kappa shape index (κ2) is 9.40. The van der Waals surface area contributed by atoms with E-state index in [0.717, 1.165) is 21.0 Å². The SMILES string of the molecule is O=C(CSc1nc2ccc(NC(=O)[C@@H]3[C@H](C(=O)O)[C@H]4C=C[C@H]3C4)cc2s1)Nc1ccc(Cl)cc1. The molecule has 3 aromatic rings. The molecule has 1 fully saturated rings. The summed E-state index contributed by atoms with van der Waals surface area (Å²) in [7, 11) is 0. The maximum Gasteiger partial charge on any atom is 0.307 e. The number of halogens is 1. The molecule has 0 unspecified atom stereocenters. The Morgan fingerprint density at radius 1 is 1.03 bits per heavy atom. The molecule has 1 heterocycles. The van der Waals surface area contributed by atoms with Gasteiger partial charge in [0.25, 0.3) is 0 Å². The van der Waals surface area contributed by atoms with Crippen molar-refractivity contribution in [3.63, 3.8) is 0 Å². The first-order chi connectivity index (χ1) is 16.4. The van der Waals surface area contributed by atoms with Gasteiger partial charge in [-0.1, -0.05) is 35.5 Å². The lowest BCUT2D eigenvalue weighted by Gasteiger charge is -2.23. The van der Waals surface area contributed by atoms with Crippen LogP contribution in [0.25, 0.3) is 10.2 Å². The topological polar surface area (TPSA) is 108 Å². The number of thiazole rings is 1. The fraction of sp³-hybridized carbons (Fsp3) is 0.250. The molecule has 2 amide bonds. The molecule has 10 heteroatoms. The molecule has 0 aliphatic heterocycles. The maximum atomic E-state index is 12.9. The van der Waals surface area contributed by atoms with E-state index in [2.05, 4.69) is 15.6 Å². The first-order valence-electron chi connectivity index (χ1n) is 10.7. The number of carbonyl (C=O) groups excluding carboxylic acids is 2. The Morgan fingerprint density at radius 2 is 1.74 bits per heavy atom. The van der Waals surface area contributed by atoms with E-state index in [-0.39, 0.29) is 29.4 Å². The van der Waals surface area contributed by atoms with Crippen molar-refractivity contribution >= 4 is 74.1 Å². The van der Waals surface area contributed by atoms with E-state index in [4.69, 9.17) is 11.6 Å². The van der Waals surface area contributed by atoms with Gasteiger partial charge in [0.15, 0.2) is 4.34 Å². The second-order valence-electron chi connectivity index (χ2n) is 8.33. The number of amides is 2. The van der Waals surface area contributed by atoms with Gasteiger partial charge in [-0.05, 0) is 60.7 Å². The summed E-state index contributed by atoms with van der Waals surface area (Å²) in [6, 6.07) is 12.3. The largest absolute Gasteiger partial charge is 0.481 e. The third-order valence-electron chi connectivity index (χ3n) is 6.14. The van der Waals surface area contributed by atoms with Crippen molar-refractivity contribution in [3.8, 4) is 0 Å². The molecular weight excluding hydrogens is 494 g/mol. The lowest BCUT2D eigenvalue weighted by Crippen LogP contribution is -2.36. The summed E-state index contributed by atoms with van der Waals surface area (Å²) in [5.74, 6) is -2.45. The minimum Gasteiger partial charge on any atom is -0.481 e. The van der Waals surface area contributed by atoms with Gasteiger partial charge >= 0.3 is 5.97 Å². The van der Waals surface area contributed by atoms with Gasteiger partial charge < -0.3 is 15.7 Å². The van der Waals surface area contributed by atoms with Gasteiger partial charge in [0.2, 0.25) is 11.8 Å². The Kier molecular flexibility index (Phi) is 6.33. The highest BCUT2D eigenvalue weighted by molar-refractivity contribution is 8.01. The minimum atomic E-state index is -0.920. The summed E-state index contributed by atoms with van der Waals surface area (Å²) in [6.45, 7) is 0. The van der Waals surface area contributed by atoms with Crippen molar-refractivity contribution in [1.29, 1.82) is 0 Å². The van der Waals surface area contributed by atoms with Crippen LogP contribution in [0.3, 0.4) is 0 Å². The molecule has 3 N–H and O–H groups in total. The van der Waals surface area contributed by atoms with Crippen LogP contribution in [-0.2, 0) is 14.4 Å². The average molecular weight is 514 g/mol. The van der Waals surface area contributed by atoms with Crippen molar-refractivity contribution in [2.24, 2.45) is 23.7 Å². The summed E-state index contributed by atoms with van der Waals surface area (Å²) >= 11 is 8.63. The lowest BCUT2D eigenvalue weighted by atomic mass is 9.82. The molecule has 1 aromatic heterocycles.